The van der Waals surface area contributed by atoms with Crippen LogP contribution in [-0.4, -0.2) is 67.6 Å². The number of methoxy groups -OCH3 is 1. The molecule has 0 unspecified atom stereocenters. The van der Waals surface area contributed by atoms with Gasteiger partial charge in [0.15, 0.2) is 0 Å². The quantitative estimate of drug-likeness (QED) is 0.772. The lowest BCUT2D eigenvalue weighted by Gasteiger charge is -2.22. The molecule has 1 N–H and O–H groups in total. The molecule has 1 rings (SSSR count). The summed E-state index contributed by atoms with van der Waals surface area (Å²) < 4.78 is 5.01. The highest BCUT2D eigenvalue weighted by atomic mass is 16.5. The van der Waals surface area contributed by atoms with Crippen LogP contribution in [0.4, 0.5) is 0 Å². The third-order valence-electron chi connectivity index (χ3n) is 2.94. The van der Waals surface area contributed by atoms with E-state index in [0.29, 0.717) is 25.3 Å². The molecule has 0 aliphatic carbocycles. The molecule has 0 aliphatic rings. The van der Waals surface area contributed by atoms with Crippen molar-refractivity contribution in [3.8, 4) is 0 Å². The number of hydrogen-bond donors (Lipinski definition) is 1. The summed E-state index contributed by atoms with van der Waals surface area (Å²) >= 11 is 0. The average molecular weight is 294 g/mol. The first kappa shape index (κ1) is 17.1. The molecular weight excluding hydrogens is 272 g/mol. The number of ether oxygens (including phenoxy) is 1. The number of nitrogens with zero attached hydrogens (tertiary/aromatic N) is 2. The number of aliphatic carboxylic acids is 1. The predicted octanol–water partition coefficient (Wildman–Crippen LogP) is 0.921. The average Bonchev–Trinajstić information content (AvgIpc) is 2.43. The fourth-order valence-corrected chi connectivity index (χ4v) is 1.83. The van der Waals surface area contributed by atoms with E-state index in [-0.39, 0.29) is 12.5 Å². The van der Waals surface area contributed by atoms with Crippen molar-refractivity contribution in [2.24, 2.45) is 0 Å². The number of carbonyl (C=O) groups is 2. The number of likely N-dealkylation sites (N-methyl/N-ethyl adjacent to an activating group) is 1. The molecule has 0 bridgehead atoms. The molecule has 0 spiro atoms. The van der Waals surface area contributed by atoms with Gasteiger partial charge in [-0.2, -0.15) is 0 Å². The molecule has 0 atom stereocenters. The lowest BCUT2D eigenvalue weighted by Crippen LogP contribution is -2.40. The van der Waals surface area contributed by atoms with Crippen LogP contribution in [0, 0.1) is 0 Å². The summed E-state index contributed by atoms with van der Waals surface area (Å²) in [6.45, 7) is 1.17. The second kappa shape index (κ2) is 8.39. The molecule has 0 heterocycles. The minimum atomic E-state index is -1.02. The van der Waals surface area contributed by atoms with E-state index >= 15 is 0 Å². The Morgan fingerprint density at radius 3 is 2.24 bits per heavy atom. The molecule has 0 radical (unpaired) electrons. The van der Waals surface area contributed by atoms with Crippen LogP contribution in [0.25, 0.3) is 0 Å². The normalized spacial score (nSPS) is 10.7. The minimum absolute atomic E-state index is 0.275. The van der Waals surface area contributed by atoms with Gasteiger partial charge in [-0.1, -0.05) is 12.1 Å². The van der Waals surface area contributed by atoms with E-state index in [4.69, 9.17) is 9.84 Å². The molecule has 0 aliphatic heterocycles. The Morgan fingerprint density at radius 1 is 1.14 bits per heavy atom. The van der Waals surface area contributed by atoms with Crippen molar-refractivity contribution in [3.63, 3.8) is 0 Å². The van der Waals surface area contributed by atoms with Gasteiger partial charge in [-0.05, 0) is 31.8 Å². The topological polar surface area (TPSA) is 70.1 Å². The molecule has 6 heteroatoms. The number of rotatable bonds is 8. The number of hydrogen-bond acceptors (Lipinski definition) is 4. The molecule has 0 fully saturated rings. The fourth-order valence-electron chi connectivity index (χ4n) is 1.83. The summed E-state index contributed by atoms with van der Waals surface area (Å²) in [7, 11) is 5.36. The summed E-state index contributed by atoms with van der Waals surface area (Å²) in [5.74, 6) is -1.29. The zero-order valence-corrected chi connectivity index (χ0v) is 12.7. The molecule has 21 heavy (non-hydrogen) atoms. The molecule has 0 saturated heterocycles. The first-order valence-corrected chi connectivity index (χ1v) is 6.67. The van der Waals surface area contributed by atoms with Gasteiger partial charge in [0.2, 0.25) is 0 Å². The zero-order chi connectivity index (χ0) is 15.8. The number of carboxylic acid groups (broad SMARTS) is 1. The molecule has 1 amide bonds. The van der Waals surface area contributed by atoms with Gasteiger partial charge >= 0.3 is 5.97 Å². The van der Waals surface area contributed by atoms with Gasteiger partial charge in [0, 0.05) is 25.8 Å². The van der Waals surface area contributed by atoms with E-state index in [9.17, 15) is 9.59 Å². The molecule has 6 nitrogen and oxygen atoms in total. The van der Waals surface area contributed by atoms with Crippen LogP contribution in [0.5, 0.6) is 0 Å². The maximum absolute atomic E-state index is 12.4. The maximum Gasteiger partial charge on any atom is 0.323 e. The lowest BCUT2D eigenvalue weighted by atomic mass is 10.1. The molecule has 0 aromatic heterocycles. The maximum atomic E-state index is 12.4. The van der Waals surface area contributed by atoms with Crippen LogP contribution in [0.2, 0.25) is 0 Å². The Hall–Kier alpha value is -1.92. The number of benzene rings is 1. The third kappa shape index (κ3) is 5.93. The molecular formula is C15H22N2O4. The summed E-state index contributed by atoms with van der Waals surface area (Å²) in [6.07, 6.45) is 0. The van der Waals surface area contributed by atoms with Crippen molar-refractivity contribution in [2.45, 2.75) is 6.61 Å². The highest BCUT2D eigenvalue weighted by molar-refractivity contribution is 5.95. The van der Waals surface area contributed by atoms with Gasteiger partial charge in [-0.25, -0.2) is 0 Å². The van der Waals surface area contributed by atoms with E-state index in [0.717, 1.165) is 5.56 Å². The summed E-state index contributed by atoms with van der Waals surface area (Å²) in [6, 6.07) is 7.01. The van der Waals surface area contributed by atoms with Crippen LogP contribution < -0.4 is 0 Å². The highest BCUT2D eigenvalue weighted by Gasteiger charge is 2.18. The van der Waals surface area contributed by atoms with Crippen molar-refractivity contribution >= 4 is 11.9 Å². The van der Waals surface area contributed by atoms with Crippen LogP contribution >= 0.6 is 0 Å². The van der Waals surface area contributed by atoms with E-state index in [2.05, 4.69) is 0 Å². The summed E-state index contributed by atoms with van der Waals surface area (Å²) in [5.41, 5.74) is 1.45. The van der Waals surface area contributed by atoms with E-state index in [1.165, 1.54) is 4.90 Å². The second-order valence-corrected chi connectivity index (χ2v) is 5.05. The van der Waals surface area contributed by atoms with Gasteiger partial charge in [-0.3, -0.25) is 9.59 Å². The largest absolute Gasteiger partial charge is 0.480 e. The number of carboxylic acids is 1. The number of amides is 1. The van der Waals surface area contributed by atoms with Crippen LogP contribution in [0.3, 0.4) is 0 Å². The van der Waals surface area contributed by atoms with Crippen molar-refractivity contribution in [1.82, 2.24) is 9.80 Å². The first-order valence-electron chi connectivity index (χ1n) is 6.67. The second-order valence-electron chi connectivity index (χ2n) is 5.05. The highest BCUT2D eigenvalue weighted by Crippen LogP contribution is 2.09. The Kier molecular flexibility index (Phi) is 6.84. The minimum Gasteiger partial charge on any atom is -0.480 e. The van der Waals surface area contributed by atoms with Gasteiger partial charge in [-0.15, -0.1) is 0 Å². The van der Waals surface area contributed by atoms with Crippen LogP contribution in [0.15, 0.2) is 24.3 Å². The Balaban J connectivity index is 2.80. The monoisotopic (exact) mass is 294 g/mol. The van der Waals surface area contributed by atoms with Crippen molar-refractivity contribution in [2.75, 3.05) is 40.8 Å². The first-order chi connectivity index (χ1) is 9.93. The van der Waals surface area contributed by atoms with E-state index in [1.54, 1.807) is 19.2 Å². The summed E-state index contributed by atoms with van der Waals surface area (Å²) in [4.78, 5) is 26.5. The molecule has 116 valence electrons. The lowest BCUT2D eigenvalue weighted by molar-refractivity contribution is -0.137. The van der Waals surface area contributed by atoms with E-state index in [1.807, 2.05) is 31.1 Å². The Morgan fingerprint density at radius 2 is 1.76 bits per heavy atom. The van der Waals surface area contributed by atoms with Gasteiger partial charge in [0.1, 0.15) is 6.54 Å². The fraction of sp³-hybridized carbons (Fsp3) is 0.467. The van der Waals surface area contributed by atoms with Crippen molar-refractivity contribution < 1.29 is 19.4 Å². The standard InChI is InChI=1S/C15H22N2O4/c1-16(2)8-9-17(10-14(18)19)15(20)13-6-4-12(5-7-13)11-21-3/h4-7H,8-11H2,1-3H3,(H,18,19). The third-order valence-corrected chi connectivity index (χ3v) is 2.94. The Labute approximate surface area is 124 Å². The van der Waals surface area contributed by atoms with Crippen LogP contribution in [-0.2, 0) is 16.1 Å². The van der Waals surface area contributed by atoms with E-state index < -0.39 is 5.97 Å². The molecule has 1 aromatic rings. The van der Waals surface area contributed by atoms with Gasteiger partial charge in [0.25, 0.3) is 5.91 Å². The SMILES string of the molecule is COCc1ccc(C(=O)N(CCN(C)C)CC(=O)O)cc1. The van der Waals surface area contributed by atoms with Gasteiger partial charge < -0.3 is 19.6 Å². The molecule has 1 aromatic carbocycles. The zero-order valence-electron chi connectivity index (χ0n) is 12.7. The van der Waals surface area contributed by atoms with Crippen LogP contribution in [0.1, 0.15) is 15.9 Å². The Bertz CT molecular complexity index is 471. The molecule has 0 saturated carbocycles. The van der Waals surface area contributed by atoms with Gasteiger partial charge in [0.05, 0.1) is 6.61 Å². The van der Waals surface area contributed by atoms with Crippen molar-refractivity contribution in [3.05, 3.63) is 35.4 Å². The van der Waals surface area contributed by atoms with Crippen molar-refractivity contribution in [1.29, 1.82) is 0 Å². The predicted molar refractivity (Wildman–Crippen MR) is 79.2 cm³/mol. The smallest absolute Gasteiger partial charge is 0.323 e. The summed E-state index contributed by atoms with van der Waals surface area (Å²) in [5, 5.41) is 8.93. The number of carbonyl (C=O) groups excluding carboxylic acids is 1.